The lowest BCUT2D eigenvalue weighted by Crippen LogP contribution is -2.09. The zero-order valence-corrected chi connectivity index (χ0v) is 20.1. The van der Waals surface area contributed by atoms with Crippen LogP contribution in [-0.2, 0) is 9.53 Å². The molecule has 0 spiro atoms. The van der Waals surface area contributed by atoms with Crippen LogP contribution in [0.2, 0.25) is 10.0 Å². The molecule has 1 aliphatic rings. The monoisotopic (exact) mass is 545 g/mol. The molecule has 0 bridgehead atoms. The van der Waals surface area contributed by atoms with E-state index in [0.717, 1.165) is 0 Å². The molecule has 0 atom stereocenters. The van der Waals surface area contributed by atoms with Gasteiger partial charge in [0.15, 0.2) is 5.70 Å². The summed E-state index contributed by atoms with van der Waals surface area (Å²) in [6, 6.07) is 16.2. The van der Waals surface area contributed by atoms with Crippen LogP contribution in [0.25, 0.3) is 6.08 Å². The molecule has 1 aliphatic heterocycles. The standard InChI is InChI=1S/C24H14BrCl2NO5/c1-31-21-9-7-17(27)12-18(21)22-28-19(24(30)33-22)11-14-10-15(25)4-8-20(14)32-23(29)13-2-5-16(26)6-3-13/h2-12H,1H3/b19-11-. The second-order valence-corrected chi connectivity index (χ2v) is 8.55. The Labute approximate surface area is 207 Å². The fraction of sp³-hybridized carbons (Fsp3) is 0.0417. The highest BCUT2D eigenvalue weighted by atomic mass is 79.9. The quantitative estimate of drug-likeness (QED) is 0.212. The number of ether oxygens (including phenoxy) is 3. The summed E-state index contributed by atoms with van der Waals surface area (Å²) in [6.07, 6.45) is 1.47. The molecule has 0 unspecified atom stereocenters. The first-order valence-corrected chi connectivity index (χ1v) is 11.0. The maximum absolute atomic E-state index is 12.6. The van der Waals surface area contributed by atoms with Gasteiger partial charge in [-0.1, -0.05) is 39.1 Å². The number of esters is 2. The van der Waals surface area contributed by atoms with E-state index < -0.39 is 11.9 Å². The third kappa shape index (κ3) is 5.27. The minimum atomic E-state index is -0.665. The van der Waals surface area contributed by atoms with Crippen molar-refractivity contribution in [1.82, 2.24) is 0 Å². The van der Waals surface area contributed by atoms with Crippen molar-refractivity contribution >= 4 is 63.0 Å². The Morgan fingerprint density at radius 1 is 1.00 bits per heavy atom. The third-order valence-corrected chi connectivity index (χ3v) is 5.54. The van der Waals surface area contributed by atoms with Crippen molar-refractivity contribution in [3.8, 4) is 11.5 Å². The number of hydrogen-bond acceptors (Lipinski definition) is 6. The molecule has 0 saturated carbocycles. The molecule has 33 heavy (non-hydrogen) atoms. The van der Waals surface area contributed by atoms with Crippen molar-refractivity contribution in [2.24, 2.45) is 4.99 Å². The lowest BCUT2D eigenvalue weighted by atomic mass is 10.1. The molecule has 166 valence electrons. The number of carbonyl (C=O) groups excluding carboxylic acids is 2. The number of aliphatic imine (C=N–C) groups is 1. The number of benzene rings is 3. The summed E-state index contributed by atoms with van der Waals surface area (Å²) in [5.74, 6) is -0.493. The van der Waals surface area contributed by atoms with Gasteiger partial charge in [0, 0.05) is 20.1 Å². The normalized spacial score (nSPS) is 14.1. The van der Waals surface area contributed by atoms with Crippen LogP contribution in [0.4, 0.5) is 0 Å². The number of nitrogens with zero attached hydrogens (tertiary/aromatic N) is 1. The SMILES string of the molecule is COc1ccc(Cl)cc1C1=N/C(=C\c2cc(Br)ccc2OC(=O)c2ccc(Cl)cc2)C(=O)O1. The topological polar surface area (TPSA) is 74.2 Å². The lowest BCUT2D eigenvalue weighted by Gasteiger charge is -2.08. The first kappa shape index (κ1) is 23.0. The molecule has 0 aliphatic carbocycles. The molecule has 1 heterocycles. The summed E-state index contributed by atoms with van der Waals surface area (Å²) in [5.41, 5.74) is 1.23. The molecule has 0 amide bonds. The van der Waals surface area contributed by atoms with E-state index in [4.69, 9.17) is 37.4 Å². The average molecular weight is 547 g/mol. The Hall–Kier alpha value is -3.13. The van der Waals surface area contributed by atoms with Crippen LogP contribution < -0.4 is 9.47 Å². The Bertz CT molecular complexity index is 1320. The Morgan fingerprint density at radius 2 is 1.70 bits per heavy atom. The van der Waals surface area contributed by atoms with E-state index in [1.165, 1.54) is 13.2 Å². The Balaban J connectivity index is 1.68. The van der Waals surface area contributed by atoms with Crippen molar-refractivity contribution in [3.05, 3.63) is 97.6 Å². The van der Waals surface area contributed by atoms with Gasteiger partial charge in [0.2, 0.25) is 5.90 Å². The van der Waals surface area contributed by atoms with Gasteiger partial charge in [-0.2, -0.15) is 0 Å². The van der Waals surface area contributed by atoms with Crippen molar-refractivity contribution < 1.29 is 23.8 Å². The van der Waals surface area contributed by atoms with Gasteiger partial charge in [0.25, 0.3) is 0 Å². The molecular formula is C24H14BrCl2NO5. The molecule has 0 fully saturated rings. The van der Waals surface area contributed by atoms with Crippen molar-refractivity contribution in [2.75, 3.05) is 7.11 Å². The second kappa shape index (κ2) is 9.79. The van der Waals surface area contributed by atoms with E-state index in [0.29, 0.717) is 37.0 Å². The first-order valence-electron chi connectivity index (χ1n) is 9.48. The van der Waals surface area contributed by atoms with Gasteiger partial charge in [-0.3, -0.25) is 0 Å². The van der Waals surface area contributed by atoms with Crippen LogP contribution in [0.5, 0.6) is 11.5 Å². The lowest BCUT2D eigenvalue weighted by molar-refractivity contribution is -0.129. The van der Waals surface area contributed by atoms with E-state index >= 15 is 0 Å². The van der Waals surface area contributed by atoms with Gasteiger partial charge in [-0.05, 0) is 66.7 Å². The maximum atomic E-state index is 12.6. The van der Waals surface area contributed by atoms with Crippen LogP contribution in [0.1, 0.15) is 21.5 Å². The molecule has 0 N–H and O–H groups in total. The summed E-state index contributed by atoms with van der Waals surface area (Å²) >= 11 is 15.3. The molecule has 0 aromatic heterocycles. The number of hydrogen-bond donors (Lipinski definition) is 0. The van der Waals surface area contributed by atoms with Gasteiger partial charge in [-0.15, -0.1) is 0 Å². The van der Waals surface area contributed by atoms with E-state index in [-0.39, 0.29) is 17.3 Å². The molecule has 0 saturated heterocycles. The van der Waals surface area contributed by atoms with Crippen LogP contribution in [0.3, 0.4) is 0 Å². The summed E-state index contributed by atoms with van der Waals surface area (Å²) in [6.45, 7) is 0. The first-order chi connectivity index (χ1) is 15.8. The predicted molar refractivity (Wildman–Crippen MR) is 129 cm³/mol. The predicted octanol–water partition coefficient (Wildman–Crippen LogP) is 6.33. The summed E-state index contributed by atoms with van der Waals surface area (Å²) in [7, 11) is 1.49. The fourth-order valence-corrected chi connectivity index (χ4v) is 3.67. The summed E-state index contributed by atoms with van der Waals surface area (Å²) in [5, 5.41) is 0.940. The smallest absolute Gasteiger partial charge is 0.363 e. The average Bonchev–Trinajstić information content (AvgIpc) is 3.16. The molecular weight excluding hydrogens is 533 g/mol. The van der Waals surface area contributed by atoms with Crippen LogP contribution in [-0.4, -0.2) is 24.9 Å². The van der Waals surface area contributed by atoms with E-state index in [2.05, 4.69) is 20.9 Å². The number of halogens is 3. The molecule has 0 radical (unpaired) electrons. The maximum Gasteiger partial charge on any atom is 0.363 e. The van der Waals surface area contributed by atoms with Gasteiger partial charge in [0.1, 0.15) is 11.5 Å². The van der Waals surface area contributed by atoms with E-state index in [1.807, 2.05) is 0 Å². The molecule has 4 rings (SSSR count). The van der Waals surface area contributed by atoms with Crippen LogP contribution >= 0.6 is 39.1 Å². The van der Waals surface area contributed by atoms with Gasteiger partial charge in [0.05, 0.1) is 18.2 Å². The minimum absolute atomic E-state index is 0.0221. The number of rotatable bonds is 5. The number of carbonyl (C=O) groups is 2. The highest BCUT2D eigenvalue weighted by molar-refractivity contribution is 9.10. The van der Waals surface area contributed by atoms with Crippen molar-refractivity contribution in [2.45, 2.75) is 0 Å². The zero-order chi connectivity index (χ0) is 23.5. The molecule has 9 heteroatoms. The van der Waals surface area contributed by atoms with Gasteiger partial charge >= 0.3 is 11.9 Å². The minimum Gasteiger partial charge on any atom is -0.496 e. The van der Waals surface area contributed by atoms with Crippen LogP contribution in [0, 0.1) is 0 Å². The van der Waals surface area contributed by atoms with Crippen LogP contribution in [0.15, 0.2) is 75.8 Å². The van der Waals surface area contributed by atoms with Crippen molar-refractivity contribution in [1.29, 1.82) is 0 Å². The second-order valence-electron chi connectivity index (χ2n) is 6.76. The third-order valence-electron chi connectivity index (χ3n) is 4.56. The van der Waals surface area contributed by atoms with Gasteiger partial charge < -0.3 is 14.2 Å². The molecule has 3 aromatic rings. The zero-order valence-electron chi connectivity index (χ0n) is 17.0. The van der Waals surface area contributed by atoms with E-state index in [1.54, 1.807) is 60.7 Å². The Morgan fingerprint density at radius 3 is 2.42 bits per heavy atom. The van der Waals surface area contributed by atoms with Crippen molar-refractivity contribution in [3.63, 3.8) is 0 Å². The largest absolute Gasteiger partial charge is 0.496 e. The van der Waals surface area contributed by atoms with E-state index in [9.17, 15) is 9.59 Å². The fourth-order valence-electron chi connectivity index (χ4n) is 2.99. The number of cyclic esters (lactones) is 1. The molecule has 3 aromatic carbocycles. The highest BCUT2D eigenvalue weighted by Gasteiger charge is 2.27. The molecule has 6 nitrogen and oxygen atoms in total. The Kier molecular flexibility index (Phi) is 6.83. The van der Waals surface area contributed by atoms with Gasteiger partial charge in [-0.25, -0.2) is 14.6 Å². The highest BCUT2D eigenvalue weighted by Crippen LogP contribution is 2.31. The summed E-state index contributed by atoms with van der Waals surface area (Å²) in [4.78, 5) is 29.4. The number of methoxy groups -OCH3 is 1. The summed E-state index contributed by atoms with van der Waals surface area (Å²) < 4.78 is 16.9.